The molecule has 0 saturated carbocycles. The van der Waals surface area contributed by atoms with Crippen molar-refractivity contribution in [3.05, 3.63) is 29.8 Å². The molecule has 1 aromatic rings. The summed E-state index contributed by atoms with van der Waals surface area (Å²) in [5.74, 6) is 0.744. The van der Waals surface area contributed by atoms with Crippen LogP contribution in [-0.4, -0.2) is 50.0 Å². The zero-order valence-electron chi connectivity index (χ0n) is 10.1. The number of methoxy groups -OCH3 is 1. The summed E-state index contributed by atoms with van der Waals surface area (Å²) in [6.07, 6.45) is -0.510. The van der Waals surface area contributed by atoms with E-state index < -0.39 is 6.10 Å². The first-order chi connectivity index (χ1) is 8.31. The fourth-order valence-corrected chi connectivity index (χ4v) is 2.07. The molecule has 1 unspecified atom stereocenters. The summed E-state index contributed by atoms with van der Waals surface area (Å²) in [6, 6.07) is 7.60. The Kier molecular flexibility index (Phi) is 4.36. The van der Waals surface area contributed by atoms with Gasteiger partial charge in [0, 0.05) is 25.2 Å². The van der Waals surface area contributed by atoms with Crippen LogP contribution in [0.5, 0.6) is 5.75 Å². The number of benzene rings is 1. The molecule has 94 valence electrons. The largest absolute Gasteiger partial charge is 0.496 e. The van der Waals surface area contributed by atoms with Crippen LogP contribution in [0.15, 0.2) is 24.3 Å². The van der Waals surface area contributed by atoms with E-state index in [4.69, 9.17) is 9.47 Å². The Labute approximate surface area is 102 Å². The summed E-state index contributed by atoms with van der Waals surface area (Å²) >= 11 is 0. The fourth-order valence-electron chi connectivity index (χ4n) is 2.07. The predicted molar refractivity (Wildman–Crippen MR) is 65.2 cm³/mol. The van der Waals surface area contributed by atoms with Crippen molar-refractivity contribution in [1.82, 2.24) is 4.90 Å². The number of ether oxygens (including phenoxy) is 2. The molecule has 0 radical (unpaired) electrons. The van der Waals surface area contributed by atoms with Gasteiger partial charge in [0.2, 0.25) is 0 Å². The van der Waals surface area contributed by atoms with E-state index in [0.29, 0.717) is 6.54 Å². The minimum atomic E-state index is -0.510. The molecule has 2 rings (SSSR count). The van der Waals surface area contributed by atoms with E-state index in [-0.39, 0.29) is 0 Å². The fraction of sp³-hybridized carbons (Fsp3) is 0.538. The van der Waals surface area contributed by atoms with Gasteiger partial charge in [0.25, 0.3) is 0 Å². The van der Waals surface area contributed by atoms with Crippen molar-refractivity contribution < 1.29 is 14.6 Å². The summed E-state index contributed by atoms with van der Waals surface area (Å²) in [7, 11) is 1.63. The van der Waals surface area contributed by atoms with Gasteiger partial charge in [-0.15, -0.1) is 0 Å². The van der Waals surface area contributed by atoms with Crippen LogP contribution in [0.4, 0.5) is 0 Å². The summed E-state index contributed by atoms with van der Waals surface area (Å²) in [6.45, 7) is 3.89. The Balaban J connectivity index is 2.00. The number of β-amino-alcohol motifs (C(OH)–C–C–N with tert-alkyl or cyclic N) is 1. The second kappa shape index (κ2) is 6.00. The van der Waals surface area contributed by atoms with E-state index in [1.165, 1.54) is 0 Å². The van der Waals surface area contributed by atoms with Crippen molar-refractivity contribution in [2.75, 3.05) is 40.0 Å². The Hall–Kier alpha value is -1.10. The normalized spacial score (nSPS) is 18.9. The van der Waals surface area contributed by atoms with Crippen LogP contribution in [0, 0.1) is 0 Å². The van der Waals surface area contributed by atoms with E-state index >= 15 is 0 Å². The third-order valence-electron chi connectivity index (χ3n) is 3.03. The van der Waals surface area contributed by atoms with E-state index in [0.717, 1.165) is 37.6 Å². The van der Waals surface area contributed by atoms with Gasteiger partial charge in [-0.1, -0.05) is 18.2 Å². The molecule has 4 heteroatoms. The van der Waals surface area contributed by atoms with Crippen molar-refractivity contribution in [1.29, 1.82) is 0 Å². The van der Waals surface area contributed by atoms with Gasteiger partial charge in [0.05, 0.1) is 26.4 Å². The zero-order chi connectivity index (χ0) is 12.1. The molecular formula is C13H19NO3. The molecule has 4 nitrogen and oxygen atoms in total. The van der Waals surface area contributed by atoms with Gasteiger partial charge in [-0.3, -0.25) is 4.90 Å². The summed E-state index contributed by atoms with van der Waals surface area (Å²) in [5.41, 5.74) is 0.849. The van der Waals surface area contributed by atoms with Crippen molar-refractivity contribution in [3.8, 4) is 5.75 Å². The molecule has 1 aliphatic heterocycles. The lowest BCUT2D eigenvalue weighted by atomic mass is 10.1. The highest BCUT2D eigenvalue weighted by Gasteiger charge is 2.18. The van der Waals surface area contributed by atoms with Crippen LogP contribution < -0.4 is 4.74 Å². The first-order valence-electron chi connectivity index (χ1n) is 5.92. The van der Waals surface area contributed by atoms with Gasteiger partial charge in [0.1, 0.15) is 5.75 Å². The van der Waals surface area contributed by atoms with Gasteiger partial charge in [-0.2, -0.15) is 0 Å². The summed E-state index contributed by atoms with van der Waals surface area (Å²) < 4.78 is 10.5. The third-order valence-corrected chi connectivity index (χ3v) is 3.03. The molecule has 1 N–H and O–H groups in total. The Morgan fingerprint density at radius 1 is 1.35 bits per heavy atom. The van der Waals surface area contributed by atoms with Crippen LogP contribution >= 0.6 is 0 Å². The van der Waals surface area contributed by atoms with Gasteiger partial charge in [-0.25, -0.2) is 0 Å². The lowest BCUT2D eigenvalue weighted by Crippen LogP contribution is -2.38. The molecule has 1 atom stereocenters. The van der Waals surface area contributed by atoms with Crippen LogP contribution in [-0.2, 0) is 4.74 Å². The average Bonchev–Trinajstić information content (AvgIpc) is 2.40. The standard InChI is InChI=1S/C13H19NO3/c1-16-13-5-3-2-4-11(13)12(15)10-14-6-8-17-9-7-14/h2-5,12,15H,6-10H2,1H3. The maximum Gasteiger partial charge on any atom is 0.124 e. The first kappa shape index (κ1) is 12.4. The molecule has 1 aromatic carbocycles. The van der Waals surface area contributed by atoms with Gasteiger partial charge >= 0.3 is 0 Å². The molecular weight excluding hydrogens is 218 g/mol. The van der Waals surface area contributed by atoms with Crippen LogP contribution in [0.1, 0.15) is 11.7 Å². The number of hydrogen-bond acceptors (Lipinski definition) is 4. The number of aliphatic hydroxyl groups is 1. The second-order valence-corrected chi connectivity index (χ2v) is 4.17. The van der Waals surface area contributed by atoms with E-state index in [2.05, 4.69) is 4.90 Å². The minimum Gasteiger partial charge on any atom is -0.496 e. The second-order valence-electron chi connectivity index (χ2n) is 4.17. The van der Waals surface area contributed by atoms with Gasteiger partial charge in [0.15, 0.2) is 0 Å². The molecule has 1 heterocycles. The summed E-state index contributed by atoms with van der Waals surface area (Å²) in [4.78, 5) is 2.21. The smallest absolute Gasteiger partial charge is 0.124 e. The number of rotatable bonds is 4. The average molecular weight is 237 g/mol. The van der Waals surface area contributed by atoms with Crippen molar-refractivity contribution in [2.45, 2.75) is 6.10 Å². The molecule has 1 saturated heterocycles. The monoisotopic (exact) mass is 237 g/mol. The Morgan fingerprint density at radius 3 is 2.76 bits per heavy atom. The topological polar surface area (TPSA) is 41.9 Å². The molecule has 0 spiro atoms. The number of hydrogen-bond donors (Lipinski definition) is 1. The molecule has 0 bridgehead atoms. The minimum absolute atomic E-state index is 0.510. The van der Waals surface area contributed by atoms with Crippen LogP contribution in [0.25, 0.3) is 0 Å². The highest BCUT2D eigenvalue weighted by atomic mass is 16.5. The number of para-hydroxylation sites is 1. The van der Waals surface area contributed by atoms with Crippen molar-refractivity contribution >= 4 is 0 Å². The van der Waals surface area contributed by atoms with Crippen molar-refractivity contribution in [3.63, 3.8) is 0 Å². The van der Waals surface area contributed by atoms with Crippen LogP contribution in [0.3, 0.4) is 0 Å². The predicted octanol–water partition coefficient (Wildman–Crippen LogP) is 1.06. The van der Waals surface area contributed by atoms with Crippen LogP contribution in [0.2, 0.25) is 0 Å². The SMILES string of the molecule is COc1ccccc1C(O)CN1CCOCC1. The molecule has 1 fully saturated rings. The quantitative estimate of drug-likeness (QED) is 0.850. The summed E-state index contributed by atoms with van der Waals surface area (Å²) in [5, 5.41) is 10.2. The molecule has 0 amide bonds. The third kappa shape index (κ3) is 3.19. The van der Waals surface area contributed by atoms with Gasteiger partial charge < -0.3 is 14.6 Å². The zero-order valence-corrected chi connectivity index (χ0v) is 10.1. The van der Waals surface area contributed by atoms with Gasteiger partial charge in [-0.05, 0) is 6.07 Å². The highest BCUT2D eigenvalue weighted by Crippen LogP contribution is 2.25. The first-order valence-corrected chi connectivity index (χ1v) is 5.92. The number of aliphatic hydroxyl groups excluding tert-OH is 1. The number of morpholine rings is 1. The van der Waals surface area contributed by atoms with E-state index in [9.17, 15) is 5.11 Å². The molecule has 0 aliphatic carbocycles. The van der Waals surface area contributed by atoms with E-state index in [1.54, 1.807) is 7.11 Å². The number of nitrogens with zero attached hydrogens (tertiary/aromatic N) is 1. The molecule has 17 heavy (non-hydrogen) atoms. The van der Waals surface area contributed by atoms with Crippen molar-refractivity contribution in [2.24, 2.45) is 0 Å². The van der Waals surface area contributed by atoms with E-state index in [1.807, 2.05) is 24.3 Å². The Morgan fingerprint density at radius 2 is 2.06 bits per heavy atom. The lowest BCUT2D eigenvalue weighted by molar-refractivity contribution is 0.0139. The highest BCUT2D eigenvalue weighted by molar-refractivity contribution is 5.35. The maximum atomic E-state index is 10.2. The molecule has 0 aromatic heterocycles. The lowest BCUT2D eigenvalue weighted by Gasteiger charge is -2.29. The molecule has 1 aliphatic rings. The maximum absolute atomic E-state index is 10.2. The Bertz CT molecular complexity index is 350.